The van der Waals surface area contributed by atoms with Crippen LogP contribution in [0.1, 0.15) is 35.1 Å². The van der Waals surface area contributed by atoms with Gasteiger partial charge in [0.15, 0.2) is 0 Å². The summed E-state index contributed by atoms with van der Waals surface area (Å²) >= 11 is 0. The van der Waals surface area contributed by atoms with Gasteiger partial charge in [0.25, 0.3) is 0 Å². The largest absolute Gasteiger partial charge is 0.478 e. The fourth-order valence-electron chi connectivity index (χ4n) is 2.80. The highest BCUT2D eigenvalue weighted by atomic mass is 16.4. The topological polar surface area (TPSA) is 37.3 Å². The molecule has 94 valence electrons. The number of carbonyl (C=O) groups is 1. The lowest BCUT2D eigenvalue weighted by molar-refractivity contribution is -0.130. The lowest BCUT2D eigenvalue weighted by Crippen LogP contribution is -2.10. The van der Waals surface area contributed by atoms with E-state index in [2.05, 4.69) is 25.3 Å². The zero-order chi connectivity index (χ0) is 13.6. The highest BCUT2D eigenvalue weighted by Gasteiger charge is 2.25. The number of benzene rings is 1. The molecule has 0 amide bonds. The number of hydrogen-bond acceptors (Lipinski definition) is 1. The van der Waals surface area contributed by atoms with Gasteiger partial charge in [0.05, 0.1) is 5.57 Å². The van der Waals surface area contributed by atoms with Crippen molar-refractivity contribution in [2.45, 2.75) is 12.8 Å². The van der Waals surface area contributed by atoms with Gasteiger partial charge in [-0.1, -0.05) is 43.5 Å². The number of fused-ring (bicyclic) bond motifs is 3. The van der Waals surface area contributed by atoms with Gasteiger partial charge in [0, 0.05) is 0 Å². The van der Waals surface area contributed by atoms with Gasteiger partial charge in [-0.3, -0.25) is 0 Å². The van der Waals surface area contributed by atoms with Crippen molar-refractivity contribution < 1.29 is 9.90 Å². The molecule has 2 nitrogen and oxygen atoms in total. The fourth-order valence-corrected chi connectivity index (χ4v) is 2.80. The number of carboxylic acids is 1. The summed E-state index contributed by atoms with van der Waals surface area (Å²) in [6.45, 7) is 8.20. The number of aliphatic carboxylic acids is 1. The summed E-state index contributed by atoms with van der Waals surface area (Å²) in [4.78, 5) is 11.3. The van der Waals surface area contributed by atoms with Crippen LogP contribution in [0.2, 0.25) is 0 Å². The third kappa shape index (κ3) is 1.68. The summed E-state index contributed by atoms with van der Waals surface area (Å²) in [7, 11) is 0. The second-order valence-corrected chi connectivity index (χ2v) is 4.89. The van der Waals surface area contributed by atoms with Crippen molar-refractivity contribution >= 4 is 28.8 Å². The standard InChI is InChI=1S/C17H14O2/c1-10-4-3-5-12-7-9-13-14(17(18)19)8-6-11(2)16(13)15(10)12/h3,5,7-9H,1-2,4,6H2,(H,18,19). The van der Waals surface area contributed by atoms with E-state index in [1.54, 1.807) is 6.08 Å². The zero-order valence-corrected chi connectivity index (χ0v) is 10.6. The summed E-state index contributed by atoms with van der Waals surface area (Å²) in [6.07, 6.45) is 7.28. The average molecular weight is 250 g/mol. The summed E-state index contributed by atoms with van der Waals surface area (Å²) < 4.78 is 0. The first-order valence-corrected chi connectivity index (χ1v) is 6.23. The molecule has 0 spiro atoms. The summed E-state index contributed by atoms with van der Waals surface area (Å²) in [5.41, 5.74) is 6.26. The van der Waals surface area contributed by atoms with Crippen LogP contribution in [0.25, 0.3) is 22.8 Å². The molecule has 2 heteroatoms. The maximum Gasteiger partial charge on any atom is 0.336 e. The van der Waals surface area contributed by atoms with Crippen molar-refractivity contribution in [1.29, 1.82) is 0 Å². The van der Waals surface area contributed by atoms with Crippen LogP contribution in [0.15, 0.2) is 37.4 Å². The number of hydrogen-bond donors (Lipinski definition) is 1. The molecule has 19 heavy (non-hydrogen) atoms. The smallest absolute Gasteiger partial charge is 0.336 e. The highest BCUT2D eigenvalue weighted by molar-refractivity contribution is 6.18. The van der Waals surface area contributed by atoms with Crippen molar-refractivity contribution in [1.82, 2.24) is 0 Å². The second-order valence-electron chi connectivity index (χ2n) is 4.89. The summed E-state index contributed by atoms with van der Waals surface area (Å²) in [5.74, 6) is -0.884. The summed E-state index contributed by atoms with van der Waals surface area (Å²) in [6, 6.07) is 3.84. The molecule has 0 aromatic heterocycles. The van der Waals surface area contributed by atoms with Crippen LogP contribution in [0, 0.1) is 0 Å². The van der Waals surface area contributed by atoms with Gasteiger partial charge in [-0.2, -0.15) is 0 Å². The second kappa shape index (κ2) is 4.09. The molecular weight excluding hydrogens is 236 g/mol. The minimum absolute atomic E-state index is 0.368. The zero-order valence-electron chi connectivity index (χ0n) is 10.6. The first-order chi connectivity index (χ1) is 9.09. The van der Waals surface area contributed by atoms with Gasteiger partial charge < -0.3 is 5.11 Å². The fraction of sp³-hybridized carbons (Fsp3) is 0.118. The van der Waals surface area contributed by atoms with E-state index in [1.807, 2.05) is 12.1 Å². The van der Waals surface area contributed by atoms with Crippen LogP contribution in [-0.2, 0) is 4.79 Å². The first kappa shape index (κ1) is 11.7. The van der Waals surface area contributed by atoms with E-state index < -0.39 is 5.97 Å². The minimum atomic E-state index is -0.884. The molecule has 2 aliphatic carbocycles. The van der Waals surface area contributed by atoms with Crippen molar-refractivity contribution in [3.63, 3.8) is 0 Å². The van der Waals surface area contributed by atoms with E-state index in [4.69, 9.17) is 0 Å². The van der Waals surface area contributed by atoms with Crippen LogP contribution in [-0.4, -0.2) is 11.1 Å². The molecule has 0 saturated heterocycles. The van der Waals surface area contributed by atoms with E-state index in [1.165, 1.54) is 0 Å². The van der Waals surface area contributed by atoms with E-state index in [-0.39, 0.29) is 0 Å². The molecule has 0 unspecified atom stereocenters. The lowest BCUT2D eigenvalue weighted by Gasteiger charge is -2.25. The Morgan fingerprint density at radius 2 is 1.84 bits per heavy atom. The molecule has 0 heterocycles. The predicted molar refractivity (Wildman–Crippen MR) is 78.4 cm³/mol. The molecule has 0 radical (unpaired) electrons. The van der Waals surface area contributed by atoms with Crippen molar-refractivity contribution in [2.24, 2.45) is 0 Å². The Kier molecular flexibility index (Phi) is 2.53. The average Bonchev–Trinajstić information content (AvgIpc) is 2.38. The van der Waals surface area contributed by atoms with Gasteiger partial charge in [-0.15, -0.1) is 0 Å². The maximum absolute atomic E-state index is 11.3. The van der Waals surface area contributed by atoms with E-state index in [9.17, 15) is 9.90 Å². The van der Waals surface area contributed by atoms with E-state index >= 15 is 0 Å². The van der Waals surface area contributed by atoms with Crippen molar-refractivity contribution in [3.05, 3.63) is 59.7 Å². The molecule has 0 saturated carbocycles. The Labute approximate surface area is 112 Å². The number of carboxylic acid groups (broad SMARTS) is 1. The van der Waals surface area contributed by atoms with Crippen LogP contribution in [0.5, 0.6) is 0 Å². The monoisotopic (exact) mass is 250 g/mol. The molecule has 0 bridgehead atoms. The molecule has 0 fully saturated rings. The normalized spacial score (nSPS) is 16.7. The number of allylic oxidation sites excluding steroid dienone is 4. The van der Waals surface area contributed by atoms with Gasteiger partial charge in [0.1, 0.15) is 0 Å². The maximum atomic E-state index is 11.3. The Morgan fingerprint density at radius 3 is 2.58 bits per heavy atom. The van der Waals surface area contributed by atoms with Crippen LogP contribution in [0.3, 0.4) is 0 Å². The molecule has 0 aliphatic heterocycles. The quantitative estimate of drug-likeness (QED) is 0.817. The van der Waals surface area contributed by atoms with Gasteiger partial charge in [-0.05, 0) is 46.2 Å². The van der Waals surface area contributed by atoms with Gasteiger partial charge in [-0.25, -0.2) is 4.79 Å². The third-order valence-electron chi connectivity index (χ3n) is 3.68. The van der Waals surface area contributed by atoms with Gasteiger partial charge in [0.2, 0.25) is 0 Å². The molecule has 1 aromatic rings. The lowest BCUT2D eigenvalue weighted by atomic mass is 9.79. The number of rotatable bonds is 1. The minimum Gasteiger partial charge on any atom is -0.478 e. The molecule has 1 N–H and O–H groups in total. The third-order valence-corrected chi connectivity index (χ3v) is 3.68. The summed E-state index contributed by atoms with van der Waals surface area (Å²) in [5, 5.41) is 9.31. The van der Waals surface area contributed by atoms with Crippen LogP contribution >= 0.6 is 0 Å². The van der Waals surface area contributed by atoms with Crippen LogP contribution in [0.4, 0.5) is 0 Å². The molecule has 0 atom stereocenters. The van der Waals surface area contributed by atoms with Crippen molar-refractivity contribution in [2.75, 3.05) is 0 Å². The molecule has 3 rings (SSSR count). The molecule has 1 aromatic carbocycles. The molecular formula is C17H14O2. The first-order valence-electron chi connectivity index (χ1n) is 6.23. The Balaban J connectivity index is 2.34. The predicted octanol–water partition coefficient (Wildman–Crippen LogP) is 4.00. The van der Waals surface area contributed by atoms with E-state index in [0.717, 1.165) is 39.8 Å². The van der Waals surface area contributed by atoms with Crippen molar-refractivity contribution in [3.8, 4) is 0 Å². The van der Waals surface area contributed by atoms with Gasteiger partial charge >= 0.3 is 5.97 Å². The Bertz CT molecular complexity index is 687. The Hall–Kier alpha value is -2.35. The molecule has 2 aliphatic rings. The highest BCUT2D eigenvalue weighted by Crippen LogP contribution is 2.41. The Morgan fingerprint density at radius 1 is 1.11 bits per heavy atom. The van der Waals surface area contributed by atoms with Crippen LogP contribution < -0.4 is 0 Å². The van der Waals surface area contributed by atoms with E-state index in [0.29, 0.717) is 12.0 Å². The SMILES string of the molecule is C=C1CC=Cc2ccc3c(c21)C(=C)CC=C3C(=O)O.